The Morgan fingerprint density at radius 1 is 0.933 bits per heavy atom. The Balaban J connectivity index is 1.29. The van der Waals surface area contributed by atoms with E-state index in [0.717, 1.165) is 39.1 Å². The van der Waals surface area contributed by atoms with Crippen molar-refractivity contribution in [3.63, 3.8) is 0 Å². The molecule has 0 spiro atoms. The molecule has 0 unspecified atom stereocenters. The summed E-state index contributed by atoms with van der Waals surface area (Å²) in [4.78, 5) is 15.6. The fourth-order valence-electron chi connectivity index (χ4n) is 3.31. The van der Waals surface area contributed by atoms with Gasteiger partial charge in [-0.15, -0.1) is 0 Å². The fourth-order valence-corrected chi connectivity index (χ4v) is 3.31. The highest BCUT2D eigenvalue weighted by molar-refractivity contribution is 5.89. The van der Waals surface area contributed by atoms with Crippen LogP contribution in [0.15, 0.2) is 79.0 Å². The second-order valence-corrected chi connectivity index (χ2v) is 7.10. The lowest BCUT2D eigenvalue weighted by molar-refractivity contribution is -0.120. The molecule has 152 valence electrons. The van der Waals surface area contributed by atoms with Gasteiger partial charge in [-0.3, -0.25) is 4.79 Å². The minimum absolute atomic E-state index is 0.0249. The van der Waals surface area contributed by atoms with Crippen molar-refractivity contribution in [1.82, 2.24) is 10.3 Å². The average molecular weight is 400 g/mol. The van der Waals surface area contributed by atoms with E-state index in [2.05, 4.69) is 10.3 Å². The van der Waals surface area contributed by atoms with Crippen LogP contribution in [-0.2, 0) is 24.4 Å². The van der Waals surface area contributed by atoms with E-state index in [1.165, 1.54) is 0 Å². The Hall–Kier alpha value is -3.73. The molecule has 4 aromatic rings. The van der Waals surface area contributed by atoms with E-state index in [0.29, 0.717) is 19.6 Å². The summed E-state index contributed by atoms with van der Waals surface area (Å²) < 4.78 is 11.1. The van der Waals surface area contributed by atoms with Crippen molar-refractivity contribution in [1.29, 1.82) is 0 Å². The van der Waals surface area contributed by atoms with Crippen molar-refractivity contribution in [3.8, 4) is 11.5 Å². The minimum atomic E-state index is -0.0249. The van der Waals surface area contributed by atoms with E-state index in [1.807, 2.05) is 79.0 Å². The second-order valence-electron chi connectivity index (χ2n) is 7.10. The highest BCUT2D eigenvalue weighted by Crippen LogP contribution is 2.24. The van der Waals surface area contributed by atoms with Gasteiger partial charge in [-0.1, -0.05) is 42.5 Å². The van der Waals surface area contributed by atoms with Gasteiger partial charge in [0.2, 0.25) is 5.91 Å². The van der Waals surface area contributed by atoms with Crippen molar-refractivity contribution >= 4 is 16.8 Å². The third-order valence-electron chi connectivity index (χ3n) is 4.99. The number of methoxy groups -OCH3 is 1. The molecule has 5 heteroatoms. The summed E-state index contributed by atoms with van der Waals surface area (Å²) >= 11 is 0. The molecule has 0 saturated carbocycles. The summed E-state index contributed by atoms with van der Waals surface area (Å²) in [5, 5.41) is 3.99. The summed E-state index contributed by atoms with van der Waals surface area (Å²) in [6.45, 7) is 1.01. The van der Waals surface area contributed by atoms with Gasteiger partial charge in [0.25, 0.3) is 0 Å². The quantitative estimate of drug-likeness (QED) is 0.454. The zero-order chi connectivity index (χ0) is 20.8. The summed E-state index contributed by atoms with van der Waals surface area (Å²) in [5.41, 5.74) is 4.09. The normalized spacial score (nSPS) is 10.7. The van der Waals surface area contributed by atoms with Gasteiger partial charge >= 0.3 is 0 Å². The lowest BCUT2D eigenvalue weighted by atomic mass is 10.1. The van der Waals surface area contributed by atoms with Crippen LogP contribution in [0.25, 0.3) is 10.9 Å². The van der Waals surface area contributed by atoms with Gasteiger partial charge in [-0.05, 0) is 47.0 Å². The highest BCUT2D eigenvalue weighted by Gasteiger charge is 2.10. The molecule has 0 bridgehead atoms. The third-order valence-corrected chi connectivity index (χ3v) is 4.99. The van der Waals surface area contributed by atoms with Crippen molar-refractivity contribution in [2.24, 2.45) is 0 Å². The first kappa shape index (κ1) is 19.6. The number of H-pyrrole nitrogens is 1. The summed E-state index contributed by atoms with van der Waals surface area (Å²) in [6, 6.07) is 23.6. The Morgan fingerprint density at radius 3 is 2.47 bits per heavy atom. The van der Waals surface area contributed by atoms with Gasteiger partial charge in [0.05, 0.1) is 13.5 Å². The zero-order valence-electron chi connectivity index (χ0n) is 16.9. The second kappa shape index (κ2) is 9.18. The monoisotopic (exact) mass is 400 g/mol. The number of benzene rings is 3. The summed E-state index contributed by atoms with van der Waals surface area (Å²) in [6.07, 6.45) is 2.19. The SMILES string of the molecule is COc1ccc2[nH]cc(CC(=O)NCc3ccc(OCc4ccccc4)cc3)c2c1. The van der Waals surface area contributed by atoms with Crippen LogP contribution in [0.2, 0.25) is 0 Å². The highest BCUT2D eigenvalue weighted by atomic mass is 16.5. The zero-order valence-corrected chi connectivity index (χ0v) is 16.9. The van der Waals surface area contributed by atoms with Crippen LogP contribution in [-0.4, -0.2) is 18.0 Å². The van der Waals surface area contributed by atoms with E-state index < -0.39 is 0 Å². The molecule has 3 aromatic carbocycles. The maximum atomic E-state index is 12.4. The molecular formula is C25H24N2O3. The predicted octanol–water partition coefficient (Wildman–Crippen LogP) is 4.61. The molecule has 2 N–H and O–H groups in total. The fraction of sp³-hybridized carbons (Fsp3) is 0.160. The van der Waals surface area contributed by atoms with E-state index in [1.54, 1.807) is 7.11 Å². The molecule has 1 amide bonds. The molecule has 0 fully saturated rings. The molecule has 0 radical (unpaired) electrons. The van der Waals surface area contributed by atoms with Crippen molar-refractivity contribution in [3.05, 3.63) is 95.7 Å². The van der Waals surface area contributed by atoms with Crippen LogP contribution in [0.1, 0.15) is 16.7 Å². The van der Waals surface area contributed by atoms with Crippen LogP contribution in [0.5, 0.6) is 11.5 Å². The average Bonchev–Trinajstić information content (AvgIpc) is 3.19. The van der Waals surface area contributed by atoms with Crippen LogP contribution < -0.4 is 14.8 Å². The maximum absolute atomic E-state index is 12.4. The smallest absolute Gasteiger partial charge is 0.224 e. The molecule has 0 aliphatic heterocycles. The number of aromatic amines is 1. The van der Waals surface area contributed by atoms with E-state index >= 15 is 0 Å². The standard InChI is InChI=1S/C25H24N2O3/c1-29-22-11-12-24-23(14-22)20(16-26-24)13-25(28)27-15-18-7-9-21(10-8-18)30-17-19-5-3-2-4-6-19/h2-12,14,16,26H,13,15,17H2,1H3,(H,27,28). The van der Waals surface area contributed by atoms with E-state index in [9.17, 15) is 4.79 Å². The Kier molecular flexibility index (Phi) is 5.99. The molecule has 0 aliphatic carbocycles. The number of aromatic nitrogens is 1. The topological polar surface area (TPSA) is 63.4 Å². The number of amides is 1. The molecule has 0 atom stereocenters. The van der Waals surface area contributed by atoms with Crippen LogP contribution in [0.4, 0.5) is 0 Å². The molecule has 4 rings (SSSR count). The van der Waals surface area contributed by atoms with Crippen molar-refractivity contribution < 1.29 is 14.3 Å². The molecule has 0 aliphatic rings. The van der Waals surface area contributed by atoms with Gasteiger partial charge in [-0.25, -0.2) is 0 Å². The molecular weight excluding hydrogens is 376 g/mol. The van der Waals surface area contributed by atoms with Crippen LogP contribution in [0.3, 0.4) is 0 Å². The molecule has 30 heavy (non-hydrogen) atoms. The third kappa shape index (κ3) is 4.81. The largest absolute Gasteiger partial charge is 0.497 e. The van der Waals surface area contributed by atoms with Crippen LogP contribution >= 0.6 is 0 Å². The first-order valence-corrected chi connectivity index (χ1v) is 9.87. The number of nitrogens with one attached hydrogen (secondary N) is 2. The van der Waals surface area contributed by atoms with Crippen LogP contribution in [0, 0.1) is 0 Å². The van der Waals surface area contributed by atoms with Gasteiger partial charge < -0.3 is 19.8 Å². The minimum Gasteiger partial charge on any atom is -0.497 e. The van der Waals surface area contributed by atoms with Crippen molar-refractivity contribution in [2.75, 3.05) is 7.11 Å². The predicted molar refractivity (Wildman–Crippen MR) is 118 cm³/mol. The molecule has 5 nitrogen and oxygen atoms in total. The number of carbonyl (C=O) groups excluding carboxylic acids is 1. The number of rotatable bonds is 8. The number of ether oxygens (including phenoxy) is 2. The molecule has 1 aromatic heterocycles. The number of carbonyl (C=O) groups is 1. The number of hydrogen-bond donors (Lipinski definition) is 2. The van der Waals surface area contributed by atoms with Gasteiger partial charge in [0, 0.05) is 23.6 Å². The Labute approximate surface area is 175 Å². The molecule has 1 heterocycles. The first-order valence-electron chi connectivity index (χ1n) is 9.87. The van der Waals surface area contributed by atoms with Crippen molar-refractivity contribution in [2.45, 2.75) is 19.6 Å². The lowest BCUT2D eigenvalue weighted by Gasteiger charge is -2.08. The lowest BCUT2D eigenvalue weighted by Crippen LogP contribution is -2.24. The Bertz CT molecular complexity index is 1120. The number of hydrogen-bond acceptors (Lipinski definition) is 3. The van der Waals surface area contributed by atoms with Gasteiger partial charge in [-0.2, -0.15) is 0 Å². The van der Waals surface area contributed by atoms with E-state index in [-0.39, 0.29) is 5.91 Å². The first-order chi connectivity index (χ1) is 14.7. The number of fused-ring (bicyclic) bond motifs is 1. The van der Waals surface area contributed by atoms with Gasteiger partial charge in [0.1, 0.15) is 18.1 Å². The van der Waals surface area contributed by atoms with E-state index in [4.69, 9.17) is 9.47 Å². The summed E-state index contributed by atoms with van der Waals surface area (Å²) in [5.74, 6) is 1.56. The van der Waals surface area contributed by atoms with Gasteiger partial charge in [0.15, 0.2) is 0 Å². The maximum Gasteiger partial charge on any atom is 0.224 e. The summed E-state index contributed by atoms with van der Waals surface area (Å²) in [7, 11) is 1.64. The Morgan fingerprint density at radius 2 is 1.70 bits per heavy atom. The molecule has 0 saturated heterocycles.